The highest BCUT2D eigenvalue weighted by atomic mass is 16.1. The Bertz CT molecular complexity index is 877. The first-order chi connectivity index (χ1) is 10.5. The molecule has 0 bridgehead atoms. The molecule has 0 spiro atoms. The monoisotopic (exact) mass is 297 g/mol. The predicted molar refractivity (Wildman–Crippen MR) is 88.6 cm³/mol. The molecule has 6 nitrogen and oxygen atoms in total. The van der Waals surface area contributed by atoms with Gasteiger partial charge in [0.05, 0.1) is 0 Å². The molecule has 0 fully saturated rings. The summed E-state index contributed by atoms with van der Waals surface area (Å²) in [4.78, 5) is 17.4. The van der Waals surface area contributed by atoms with Crippen LogP contribution in [0.15, 0.2) is 41.3 Å². The number of aromatic nitrogens is 3. The average Bonchev–Trinajstić information content (AvgIpc) is 2.84. The van der Waals surface area contributed by atoms with E-state index in [1.54, 1.807) is 4.57 Å². The molecule has 0 unspecified atom stereocenters. The van der Waals surface area contributed by atoms with Crippen molar-refractivity contribution in [1.82, 2.24) is 14.1 Å². The molecule has 22 heavy (non-hydrogen) atoms. The van der Waals surface area contributed by atoms with Crippen LogP contribution in [0.3, 0.4) is 0 Å². The number of rotatable bonds is 3. The maximum absolute atomic E-state index is 12.8. The zero-order valence-corrected chi connectivity index (χ0v) is 12.9. The van der Waals surface area contributed by atoms with Gasteiger partial charge in [0.2, 0.25) is 5.95 Å². The van der Waals surface area contributed by atoms with E-state index >= 15 is 0 Å². The van der Waals surface area contributed by atoms with Gasteiger partial charge in [-0.15, -0.1) is 0 Å². The summed E-state index contributed by atoms with van der Waals surface area (Å²) in [7, 11) is 1.86. The summed E-state index contributed by atoms with van der Waals surface area (Å²) in [6.07, 6.45) is 1.93. The third-order valence-electron chi connectivity index (χ3n) is 3.75. The predicted octanol–water partition coefficient (Wildman–Crippen LogP) is 2.27. The fourth-order valence-electron chi connectivity index (χ4n) is 2.76. The maximum atomic E-state index is 12.8. The van der Waals surface area contributed by atoms with Crippen LogP contribution in [0.5, 0.6) is 0 Å². The number of hydrogen-bond donors (Lipinski definition) is 2. The molecule has 114 valence electrons. The van der Waals surface area contributed by atoms with Gasteiger partial charge in [-0.1, -0.05) is 30.3 Å². The summed E-state index contributed by atoms with van der Waals surface area (Å²) < 4.78 is 3.39. The number of nitrogens with two attached hydrogens (primary N) is 1. The van der Waals surface area contributed by atoms with Crippen LogP contribution in [0.2, 0.25) is 0 Å². The minimum absolute atomic E-state index is 0.0366. The van der Waals surface area contributed by atoms with Gasteiger partial charge in [-0.05, 0) is 19.4 Å². The van der Waals surface area contributed by atoms with Gasteiger partial charge in [0, 0.05) is 24.8 Å². The summed E-state index contributed by atoms with van der Waals surface area (Å²) in [5.41, 5.74) is 5.61. The van der Waals surface area contributed by atoms with Crippen LogP contribution in [0.1, 0.15) is 19.9 Å². The van der Waals surface area contributed by atoms with Crippen LogP contribution >= 0.6 is 0 Å². The molecule has 0 saturated carbocycles. The number of aryl methyl sites for hydroxylation is 1. The van der Waals surface area contributed by atoms with Crippen molar-refractivity contribution >= 4 is 17.0 Å². The van der Waals surface area contributed by atoms with Crippen LogP contribution in [0.25, 0.3) is 22.2 Å². The zero-order valence-electron chi connectivity index (χ0n) is 12.9. The van der Waals surface area contributed by atoms with Crippen molar-refractivity contribution in [3.8, 4) is 11.1 Å². The van der Waals surface area contributed by atoms with Crippen molar-refractivity contribution in [3.05, 3.63) is 46.9 Å². The molecule has 3 aromatic rings. The smallest absolute Gasteiger partial charge is 0.279 e. The second kappa shape index (κ2) is 5.31. The van der Waals surface area contributed by atoms with Crippen LogP contribution in [0, 0.1) is 0 Å². The number of fused-ring (bicyclic) bond motifs is 1. The molecule has 3 rings (SSSR count). The molecule has 6 heteroatoms. The van der Waals surface area contributed by atoms with E-state index in [2.05, 4.69) is 10.4 Å². The third-order valence-corrected chi connectivity index (χ3v) is 3.75. The van der Waals surface area contributed by atoms with Gasteiger partial charge in [-0.25, -0.2) is 10.8 Å². The summed E-state index contributed by atoms with van der Waals surface area (Å²) in [6, 6.07) is 9.85. The second-order valence-electron chi connectivity index (χ2n) is 5.57. The van der Waals surface area contributed by atoms with Crippen LogP contribution in [0.4, 0.5) is 5.95 Å². The Morgan fingerprint density at radius 3 is 2.50 bits per heavy atom. The fourth-order valence-corrected chi connectivity index (χ4v) is 2.76. The molecule has 0 aliphatic rings. The molecule has 0 aliphatic heterocycles. The van der Waals surface area contributed by atoms with E-state index in [4.69, 9.17) is 5.84 Å². The van der Waals surface area contributed by atoms with Crippen LogP contribution < -0.4 is 16.8 Å². The average molecular weight is 297 g/mol. The van der Waals surface area contributed by atoms with Crippen molar-refractivity contribution in [2.24, 2.45) is 12.9 Å². The number of hydrogen-bond acceptors (Lipinski definition) is 4. The summed E-state index contributed by atoms with van der Waals surface area (Å²) >= 11 is 0. The van der Waals surface area contributed by atoms with Gasteiger partial charge in [-0.2, -0.15) is 0 Å². The molecule has 2 aromatic heterocycles. The lowest BCUT2D eigenvalue weighted by atomic mass is 10.1. The van der Waals surface area contributed by atoms with Crippen molar-refractivity contribution < 1.29 is 0 Å². The van der Waals surface area contributed by atoms with E-state index in [9.17, 15) is 4.79 Å². The number of nitrogens with one attached hydrogen (secondary N) is 1. The Morgan fingerprint density at radius 1 is 1.23 bits per heavy atom. The van der Waals surface area contributed by atoms with E-state index in [1.807, 2.05) is 62.0 Å². The van der Waals surface area contributed by atoms with Crippen molar-refractivity contribution in [3.63, 3.8) is 0 Å². The van der Waals surface area contributed by atoms with Crippen LogP contribution in [-0.2, 0) is 7.05 Å². The molecule has 0 amide bonds. The van der Waals surface area contributed by atoms with Gasteiger partial charge in [0.25, 0.3) is 5.56 Å². The fraction of sp³-hybridized carbons (Fsp3) is 0.250. The van der Waals surface area contributed by atoms with E-state index < -0.39 is 0 Å². The second-order valence-corrected chi connectivity index (χ2v) is 5.57. The summed E-state index contributed by atoms with van der Waals surface area (Å²) in [6.45, 7) is 3.85. The summed E-state index contributed by atoms with van der Waals surface area (Å²) in [5, 5.41) is 0. The molecule has 2 heterocycles. The highest BCUT2D eigenvalue weighted by Gasteiger charge is 2.19. The van der Waals surface area contributed by atoms with E-state index in [1.165, 1.54) is 0 Å². The normalized spacial score (nSPS) is 11.3. The first kappa shape index (κ1) is 14.3. The van der Waals surface area contributed by atoms with Crippen molar-refractivity contribution in [2.75, 3.05) is 5.43 Å². The highest BCUT2D eigenvalue weighted by Crippen LogP contribution is 2.28. The van der Waals surface area contributed by atoms with Crippen molar-refractivity contribution in [1.29, 1.82) is 0 Å². The Labute approximate surface area is 128 Å². The number of nitrogens with zero attached hydrogens (tertiary/aromatic N) is 3. The first-order valence-corrected chi connectivity index (χ1v) is 7.18. The Kier molecular flexibility index (Phi) is 3.46. The van der Waals surface area contributed by atoms with E-state index in [0.29, 0.717) is 17.0 Å². The van der Waals surface area contributed by atoms with Gasteiger partial charge >= 0.3 is 0 Å². The molecule has 3 N–H and O–H groups in total. The number of hydrazine groups is 1. The van der Waals surface area contributed by atoms with Crippen LogP contribution in [-0.4, -0.2) is 14.1 Å². The van der Waals surface area contributed by atoms with Crippen molar-refractivity contribution in [2.45, 2.75) is 19.9 Å². The summed E-state index contributed by atoms with van der Waals surface area (Å²) in [5.74, 6) is 5.94. The number of benzene rings is 1. The Balaban J connectivity index is 2.41. The molecule has 0 atom stereocenters. The largest absolute Gasteiger partial charge is 0.344 e. The topological polar surface area (TPSA) is 77.9 Å². The number of anilines is 1. The minimum Gasteiger partial charge on any atom is -0.344 e. The first-order valence-electron chi connectivity index (χ1n) is 7.18. The molecule has 0 aliphatic carbocycles. The molecule has 0 saturated heterocycles. The number of nitrogen functional groups attached to an aromatic ring is 1. The lowest BCUT2D eigenvalue weighted by molar-refractivity contribution is 0.578. The molecular weight excluding hydrogens is 278 g/mol. The van der Waals surface area contributed by atoms with Gasteiger partial charge in [0.15, 0.2) is 0 Å². The Morgan fingerprint density at radius 2 is 1.91 bits per heavy atom. The van der Waals surface area contributed by atoms with Gasteiger partial charge < -0.3 is 4.57 Å². The molecular formula is C16H19N5O. The lowest BCUT2D eigenvalue weighted by Crippen LogP contribution is -2.29. The molecule has 0 radical (unpaired) electrons. The minimum atomic E-state index is -0.0994. The standard InChI is InChI=1S/C16H19N5O/c1-10(2)21-15(22)14-13(18-16(21)19-17)12(9-20(14)3)11-7-5-4-6-8-11/h4-10H,17H2,1-3H3,(H,18,19). The SMILES string of the molecule is CC(C)n1c(NN)nc2c(-c3ccccc3)cn(C)c2c1=O. The molecule has 1 aromatic carbocycles. The highest BCUT2D eigenvalue weighted by molar-refractivity contribution is 5.93. The quantitative estimate of drug-likeness (QED) is 0.574. The lowest BCUT2D eigenvalue weighted by Gasteiger charge is -2.15. The van der Waals surface area contributed by atoms with Gasteiger partial charge in [-0.3, -0.25) is 14.8 Å². The zero-order chi connectivity index (χ0) is 15.9. The van der Waals surface area contributed by atoms with E-state index in [-0.39, 0.29) is 11.6 Å². The Hall–Kier alpha value is -2.60. The third kappa shape index (κ3) is 2.08. The maximum Gasteiger partial charge on any atom is 0.279 e. The van der Waals surface area contributed by atoms with E-state index in [0.717, 1.165) is 11.1 Å². The van der Waals surface area contributed by atoms with Gasteiger partial charge in [0.1, 0.15) is 11.0 Å².